The Bertz CT molecular complexity index is 319. The lowest BCUT2D eigenvalue weighted by Crippen LogP contribution is -2.39. The average molecular weight is 204 g/mol. The van der Waals surface area contributed by atoms with E-state index in [2.05, 4.69) is 26.0 Å². The molecule has 15 heavy (non-hydrogen) atoms. The highest BCUT2D eigenvalue weighted by molar-refractivity contribution is 5.23. The molecule has 1 aromatic rings. The normalized spacial score (nSPS) is 36.5. The second-order valence-electron chi connectivity index (χ2n) is 5.08. The van der Waals surface area contributed by atoms with Crippen LogP contribution in [0.3, 0.4) is 0 Å². The Morgan fingerprint density at radius 1 is 1.13 bits per heavy atom. The lowest BCUT2D eigenvalue weighted by atomic mass is 9.69. The molecule has 0 amide bonds. The SMILES string of the molecule is C[C@@H]1CC[C@@H](C)[C@@](O)(c2ccccc2)C1. The third kappa shape index (κ3) is 1.93. The first-order chi connectivity index (χ1) is 7.13. The van der Waals surface area contributed by atoms with Crippen LogP contribution in [0.4, 0.5) is 0 Å². The van der Waals surface area contributed by atoms with Crippen LogP contribution < -0.4 is 0 Å². The van der Waals surface area contributed by atoms with E-state index in [1.807, 2.05) is 18.2 Å². The van der Waals surface area contributed by atoms with Gasteiger partial charge in [0.2, 0.25) is 0 Å². The molecule has 0 heterocycles. The Labute approximate surface area is 92.1 Å². The largest absolute Gasteiger partial charge is 0.385 e. The van der Waals surface area contributed by atoms with Gasteiger partial charge in [0.1, 0.15) is 0 Å². The molecule has 0 bridgehead atoms. The molecule has 0 aliphatic heterocycles. The quantitative estimate of drug-likeness (QED) is 0.744. The lowest BCUT2D eigenvalue weighted by Gasteiger charge is -2.41. The van der Waals surface area contributed by atoms with Gasteiger partial charge in [-0.3, -0.25) is 0 Å². The van der Waals surface area contributed by atoms with Crippen LogP contribution >= 0.6 is 0 Å². The van der Waals surface area contributed by atoms with Crippen LogP contribution in [-0.2, 0) is 5.60 Å². The van der Waals surface area contributed by atoms with Gasteiger partial charge in [0, 0.05) is 0 Å². The first-order valence-corrected chi connectivity index (χ1v) is 5.91. The molecular weight excluding hydrogens is 184 g/mol. The molecule has 82 valence electrons. The molecule has 3 atom stereocenters. The summed E-state index contributed by atoms with van der Waals surface area (Å²) in [6, 6.07) is 10.1. The smallest absolute Gasteiger partial charge is 0.0924 e. The number of hydrogen-bond acceptors (Lipinski definition) is 1. The average Bonchev–Trinajstić information content (AvgIpc) is 2.25. The number of hydrogen-bond donors (Lipinski definition) is 1. The monoisotopic (exact) mass is 204 g/mol. The summed E-state index contributed by atoms with van der Waals surface area (Å²) in [6.45, 7) is 4.40. The minimum atomic E-state index is -0.598. The van der Waals surface area contributed by atoms with Gasteiger partial charge in [0.25, 0.3) is 0 Å². The van der Waals surface area contributed by atoms with Crippen LogP contribution in [0.1, 0.15) is 38.7 Å². The van der Waals surface area contributed by atoms with Crippen molar-refractivity contribution in [2.45, 2.75) is 38.7 Å². The van der Waals surface area contributed by atoms with Crippen LogP contribution in [0.15, 0.2) is 30.3 Å². The highest BCUT2D eigenvalue weighted by Gasteiger charge is 2.39. The maximum Gasteiger partial charge on any atom is 0.0924 e. The Kier molecular flexibility index (Phi) is 2.83. The fourth-order valence-electron chi connectivity index (χ4n) is 2.74. The van der Waals surface area contributed by atoms with Crippen molar-refractivity contribution in [2.75, 3.05) is 0 Å². The first kappa shape index (κ1) is 10.7. The predicted molar refractivity (Wildman–Crippen MR) is 62.5 cm³/mol. The summed E-state index contributed by atoms with van der Waals surface area (Å²) in [5, 5.41) is 10.8. The Morgan fingerprint density at radius 3 is 2.47 bits per heavy atom. The van der Waals surface area contributed by atoms with Crippen molar-refractivity contribution < 1.29 is 5.11 Å². The molecule has 1 nitrogen and oxygen atoms in total. The molecule has 0 spiro atoms. The molecule has 0 radical (unpaired) electrons. The molecule has 1 saturated carbocycles. The van der Waals surface area contributed by atoms with Gasteiger partial charge < -0.3 is 5.11 Å². The fraction of sp³-hybridized carbons (Fsp3) is 0.571. The van der Waals surface area contributed by atoms with Crippen LogP contribution in [0, 0.1) is 11.8 Å². The molecule has 1 aliphatic rings. The maximum atomic E-state index is 10.8. The zero-order valence-corrected chi connectivity index (χ0v) is 9.61. The zero-order valence-electron chi connectivity index (χ0n) is 9.61. The predicted octanol–water partition coefficient (Wildman–Crippen LogP) is 3.33. The minimum absolute atomic E-state index is 0.371. The summed E-state index contributed by atoms with van der Waals surface area (Å²) >= 11 is 0. The van der Waals surface area contributed by atoms with E-state index in [0.29, 0.717) is 11.8 Å². The molecule has 1 aromatic carbocycles. The van der Waals surface area contributed by atoms with E-state index in [9.17, 15) is 5.11 Å². The van der Waals surface area contributed by atoms with Gasteiger partial charge in [-0.25, -0.2) is 0 Å². The van der Waals surface area contributed by atoms with Gasteiger partial charge in [-0.2, -0.15) is 0 Å². The number of benzene rings is 1. The second-order valence-corrected chi connectivity index (χ2v) is 5.08. The van der Waals surface area contributed by atoms with Gasteiger partial charge in [-0.15, -0.1) is 0 Å². The van der Waals surface area contributed by atoms with Crippen molar-refractivity contribution in [2.24, 2.45) is 11.8 Å². The van der Waals surface area contributed by atoms with E-state index in [4.69, 9.17) is 0 Å². The van der Waals surface area contributed by atoms with Crippen molar-refractivity contribution in [3.63, 3.8) is 0 Å². The Balaban J connectivity index is 2.31. The number of rotatable bonds is 1. The highest BCUT2D eigenvalue weighted by atomic mass is 16.3. The van der Waals surface area contributed by atoms with Crippen LogP contribution in [0.2, 0.25) is 0 Å². The molecule has 1 fully saturated rings. The molecule has 1 N–H and O–H groups in total. The molecule has 2 rings (SSSR count). The van der Waals surface area contributed by atoms with E-state index < -0.39 is 5.60 Å². The molecular formula is C14H20O. The van der Waals surface area contributed by atoms with Crippen molar-refractivity contribution in [3.8, 4) is 0 Å². The van der Waals surface area contributed by atoms with Crippen LogP contribution in [0.25, 0.3) is 0 Å². The fourth-order valence-corrected chi connectivity index (χ4v) is 2.74. The van der Waals surface area contributed by atoms with Crippen molar-refractivity contribution >= 4 is 0 Å². The van der Waals surface area contributed by atoms with Gasteiger partial charge in [-0.1, -0.05) is 50.6 Å². The Morgan fingerprint density at radius 2 is 1.80 bits per heavy atom. The van der Waals surface area contributed by atoms with E-state index >= 15 is 0 Å². The van der Waals surface area contributed by atoms with Crippen molar-refractivity contribution in [1.29, 1.82) is 0 Å². The van der Waals surface area contributed by atoms with E-state index in [-0.39, 0.29) is 0 Å². The molecule has 0 aromatic heterocycles. The summed E-state index contributed by atoms with van der Waals surface area (Å²) in [4.78, 5) is 0. The third-order valence-electron chi connectivity index (χ3n) is 3.84. The lowest BCUT2D eigenvalue weighted by molar-refractivity contribution is -0.0627. The van der Waals surface area contributed by atoms with Crippen LogP contribution in [-0.4, -0.2) is 5.11 Å². The van der Waals surface area contributed by atoms with Crippen molar-refractivity contribution in [3.05, 3.63) is 35.9 Å². The zero-order chi connectivity index (χ0) is 10.9. The van der Waals surface area contributed by atoms with Gasteiger partial charge >= 0.3 is 0 Å². The van der Waals surface area contributed by atoms with Gasteiger partial charge in [0.15, 0.2) is 0 Å². The third-order valence-corrected chi connectivity index (χ3v) is 3.84. The molecule has 0 unspecified atom stereocenters. The molecule has 1 aliphatic carbocycles. The highest BCUT2D eigenvalue weighted by Crippen LogP contribution is 2.43. The van der Waals surface area contributed by atoms with Crippen LogP contribution in [0.5, 0.6) is 0 Å². The standard InChI is InChI=1S/C14H20O/c1-11-8-9-12(2)14(15,10-11)13-6-4-3-5-7-13/h3-7,11-12,15H,8-10H2,1-2H3/t11-,12-,14-/m1/s1. The summed E-state index contributed by atoms with van der Waals surface area (Å²) in [5.41, 5.74) is 0.489. The molecule has 0 saturated heterocycles. The maximum absolute atomic E-state index is 10.8. The van der Waals surface area contributed by atoms with Gasteiger partial charge in [-0.05, 0) is 30.2 Å². The summed E-state index contributed by atoms with van der Waals surface area (Å²) in [5.74, 6) is 1.00. The minimum Gasteiger partial charge on any atom is -0.385 e. The van der Waals surface area contributed by atoms with E-state index in [1.165, 1.54) is 6.42 Å². The Hall–Kier alpha value is -0.820. The first-order valence-electron chi connectivity index (χ1n) is 5.91. The topological polar surface area (TPSA) is 20.2 Å². The van der Waals surface area contributed by atoms with E-state index in [1.54, 1.807) is 0 Å². The summed E-state index contributed by atoms with van der Waals surface area (Å²) < 4.78 is 0. The second kappa shape index (κ2) is 3.97. The molecule has 1 heteroatoms. The van der Waals surface area contributed by atoms with Crippen molar-refractivity contribution in [1.82, 2.24) is 0 Å². The summed E-state index contributed by atoms with van der Waals surface area (Å²) in [6.07, 6.45) is 3.28. The number of aliphatic hydroxyl groups is 1. The van der Waals surface area contributed by atoms with E-state index in [0.717, 1.165) is 18.4 Å². The summed E-state index contributed by atoms with van der Waals surface area (Å²) in [7, 11) is 0. The van der Waals surface area contributed by atoms with Gasteiger partial charge in [0.05, 0.1) is 5.60 Å².